The normalized spacial score (nSPS) is 10.5. The topological polar surface area (TPSA) is 80.9 Å². The quantitative estimate of drug-likeness (QED) is 0.767. The zero-order valence-electron chi connectivity index (χ0n) is 11.3. The fraction of sp³-hybridized carbons (Fsp3) is 0.0625. The van der Waals surface area contributed by atoms with Crippen molar-refractivity contribution < 1.29 is 4.79 Å². The molecule has 0 saturated heterocycles. The van der Waals surface area contributed by atoms with E-state index in [4.69, 9.17) is 5.73 Å². The number of fused-ring (bicyclic) bond motifs is 1. The van der Waals surface area contributed by atoms with Crippen molar-refractivity contribution in [3.05, 3.63) is 66.0 Å². The largest absolute Gasteiger partial charge is 0.381 e. The predicted octanol–water partition coefficient (Wildman–Crippen LogP) is 2.34. The lowest BCUT2D eigenvalue weighted by molar-refractivity contribution is 0.100. The molecule has 0 saturated carbocycles. The van der Waals surface area contributed by atoms with Gasteiger partial charge in [-0.2, -0.15) is 0 Å². The van der Waals surface area contributed by atoms with Gasteiger partial charge in [0.15, 0.2) is 0 Å². The second-order valence-corrected chi connectivity index (χ2v) is 4.67. The van der Waals surface area contributed by atoms with Gasteiger partial charge in [0.25, 0.3) is 0 Å². The van der Waals surface area contributed by atoms with Crippen molar-refractivity contribution in [2.75, 3.05) is 5.32 Å². The number of hydrogen-bond acceptors (Lipinski definition) is 4. The van der Waals surface area contributed by atoms with E-state index in [1.807, 2.05) is 30.3 Å². The number of hydrogen-bond donors (Lipinski definition) is 2. The lowest BCUT2D eigenvalue weighted by Gasteiger charge is -2.07. The van der Waals surface area contributed by atoms with Crippen LogP contribution in [0, 0.1) is 0 Å². The number of nitrogens with zero attached hydrogens (tertiary/aromatic N) is 2. The summed E-state index contributed by atoms with van der Waals surface area (Å²) in [7, 11) is 0. The summed E-state index contributed by atoms with van der Waals surface area (Å²) in [4.78, 5) is 19.5. The van der Waals surface area contributed by atoms with Gasteiger partial charge in [-0.15, -0.1) is 0 Å². The fourth-order valence-electron chi connectivity index (χ4n) is 2.06. The number of anilines is 1. The smallest absolute Gasteiger partial charge is 0.248 e. The third-order valence-corrected chi connectivity index (χ3v) is 3.20. The molecule has 0 bridgehead atoms. The number of nitrogens with two attached hydrogens (primary N) is 1. The van der Waals surface area contributed by atoms with Gasteiger partial charge in [-0.25, -0.2) is 0 Å². The average Bonchev–Trinajstić information content (AvgIpc) is 2.53. The van der Waals surface area contributed by atoms with Crippen LogP contribution in [0.25, 0.3) is 11.0 Å². The molecule has 1 heterocycles. The van der Waals surface area contributed by atoms with E-state index in [0.29, 0.717) is 12.1 Å². The number of nitrogens with one attached hydrogen (secondary N) is 1. The van der Waals surface area contributed by atoms with E-state index in [-0.39, 0.29) is 0 Å². The van der Waals surface area contributed by atoms with Crippen molar-refractivity contribution in [1.82, 2.24) is 9.97 Å². The summed E-state index contributed by atoms with van der Waals surface area (Å²) in [5, 5.41) is 3.32. The fourth-order valence-corrected chi connectivity index (χ4v) is 2.06. The number of carbonyl (C=O) groups excluding carboxylic acids is 1. The molecule has 0 fully saturated rings. The van der Waals surface area contributed by atoms with Gasteiger partial charge in [0.2, 0.25) is 5.91 Å². The van der Waals surface area contributed by atoms with E-state index in [1.165, 1.54) is 0 Å². The Morgan fingerprint density at radius 1 is 1.00 bits per heavy atom. The van der Waals surface area contributed by atoms with Crippen LogP contribution >= 0.6 is 0 Å². The van der Waals surface area contributed by atoms with E-state index in [1.54, 1.807) is 24.5 Å². The highest BCUT2D eigenvalue weighted by atomic mass is 16.1. The molecule has 5 nitrogen and oxygen atoms in total. The molecule has 1 amide bonds. The Kier molecular flexibility index (Phi) is 3.47. The number of amides is 1. The third kappa shape index (κ3) is 2.97. The van der Waals surface area contributed by atoms with Crippen molar-refractivity contribution in [3.63, 3.8) is 0 Å². The van der Waals surface area contributed by atoms with Crippen LogP contribution in [0.3, 0.4) is 0 Å². The Balaban J connectivity index is 1.72. The van der Waals surface area contributed by atoms with Gasteiger partial charge in [-0.05, 0) is 35.9 Å². The summed E-state index contributed by atoms with van der Waals surface area (Å²) in [5.41, 5.74) is 9.49. The van der Waals surface area contributed by atoms with E-state index in [2.05, 4.69) is 15.3 Å². The van der Waals surface area contributed by atoms with Crippen LogP contribution in [-0.2, 0) is 6.54 Å². The maximum atomic E-state index is 11.0. The van der Waals surface area contributed by atoms with Gasteiger partial charge >= 0.3 is 0 Å². The highest BCUT2D eigenvalue weighted by Crippen LogP contribution is 2.16. The highest BCUT2D eigenvalue weighted by molar-refractivity contribution is 5.92. The first-order chi connectivity index (χ1) is 10.2. The van der Waals surface area contributed by atoms with E-state index >= 15 is 0 Å². The zero-order valence-corrected chi connectivity index (χ0v) is 11.3. The molecule has 0 aliphatic carbocycles. The van der Waals surface area contributed by atoms with Gasteiger partial charge in [-0.3, -0.25) is 14.8 Å². The maximum Gasteiger partial charge on any atom is 0.248 e. The zero-order chi connectivity index (χ0) is 14.7. The number of carbonyl (C=O) groups is 1. The van der Waals surface area contributed by atoms with Gasteiger partial charge in [0, 0.05) is 30.2 Å². The third-order valence-electron chi connectivity index (χ3n) is 3.20. The van der Waals surface area contributed by atoms with Crippen molar-refractivity contribution in [2.45, 2.75) is 6.54 Å². The Morgan fingerprint density at radius 2 is 1.71 bits per heavy atom. The molecule has 3 N–H and O–H groups in total. The average molecular weight is 278 g/mol. The van der Waals surface area contributed by atoms with Crippen LogP contribution in [0.15, 0.2) is 54.9 Å². The summed E-state index contributed by atoms with van der Waals surface area (Å²) < 4.78 is 0. The number of rotatable bonds is 4. The van der Waals surface area contributed by atoms with Crippen molar-refractivity contribution in [1.29, 1.82) is 0 Å². The molecule has 104 valence electrons. The van der Waals surface area contributed by atoms with E-state index < -0.39 is 5.91 Å². The summed E-state index contributed by atoms with van der Waals surface area (Å²) in [6, 6.07) is 13.1. The molecule has 0 aliphatic rings. The monoisotopic (exact) mass is 278 g/mol. The molecule has 0 spiro atoms. The molecular formula is C16H14N4O. The van der Waals surface area contributed by atoms with Crippen LogP contribution in [0.2, 0.25) is 0 Å². The first kappa shape index (κ1) is 13.1. The van der Waals surface area contributed by atoms with Crippen LogP contribution in [-0.4, -0.2) is 15.9 Å². The molecule has 21 heavy (non-hydrogen) atoms. The van der Waals surface area contributed by atoms with E-state index in [0.717, 1.165) is 22.3 Å². The second-order valence-electron chi connectivity index (χ2n) is 4.67. The Hall–Kier alpha value is -2.95. The molecule has 0 aliphatic heterocycles. The molecule has 0 unspecified atom stereocenters. The molecule has 3 aromatic rings. The van der Waals surface area contributed by atoms with Gasteiger partial charge < -0.3 is 11.1 Å². The molecular weight excluding hydrogens is 264 g/mol. The van der Waals surface area contributed by atoms with Crippen molar-refractivity contribution in [3.8, 4) is 0 Å². The Morgan fingerprint density at radius 3 is 2.43 bits per heavy atom. The Bertz CT molecular complexity index is 784. The lowest BCUT2D eigenvalue weighted by Crippen LogP contribution is -2.10. The minimum atomic E-state index is -0.414. The molecule has 5 heteroatoms. The van der Waals surface area contributed by atoms with Gasteiger partial charge in [0.05, 0.1) is 11.0 Å². The second kappa shape index (κ2) is 5.58. The number of benzene rings is 2. The Labute approximate surface area is 121 Å². The van der Waals surface area contributed by atoms with Crippen molar-refractivity contribution in [2.24, 2.45) is 5.73 Å². The summed E-state index contributed by atoms with van der Waals surface area (Å²) in [5.74, 6) is -0.414. The first-order valence-electron chi connectivity index (χ1n) is 6.56. The SMILES string of the molecule is NC(=O)c1ccc(CNc2ccc3nccnc3c2)cc1. The van der Waals surface area contributed by atoms with E-state index in [9.17, 15) is 4.79 Å². The minimum Gasteiger partial charge on any atom is -0.381 e. The van der Waals surface area contributed by atoms with Crippen LogP contribution in [0.1, 0.15) is 15.9 Å². The number of primary amides is 1. The molecule has 0 radical (unpaired) electrons. The minimum absolute atomic E-state index is 0.414. The summed E-state index contributed by atoms with van der Waals surface area (Å²) in [6.07, 6.45) is 3.35. The predicted molar refractivity (Wildman–Crippen MR) is 81.8 cm³/mol. The molecule has 2 aromatic carbocycles. The van der Waals surface area contributed by atoms with Crippen LogP contribution < -0.4 is 11.1 Å². The van der Waals surface area contributed by atoms with Gasteiger partial charge in [-0.1, -0.05) is 12.1 Å². The molecule has 0 atom stereocenters. The highest BCUT2D eigenvalue weighted by Gasteiger charge is 2.01. The first-order valence-corrected chi connectivity index (χ1v) is 6.56. The lowest BCUT2D eigenvalue weighted by atomic mass is 10.1. The van der Waals surface area contributed by atoms with Crippen LogP contribution in [0.5, 0.6) is 0 Å². The maximum absolute atomic E-state index is 11.0. The standard InChI is InChI=1S/C16H14N4O/c17-16(21)12-3-1-11(2-4-12)10-20-13-5-6-14-15(9-13)19-8-7-18-14/h1-9,20H,10H2,(H2,17,21). The molecule has 3 rings (SSSR count). The number of aromatic nitrogens is 2. The summed E-state index contributed by atoms with van der Waals surface area (Å²) in [6.45, 7) is 0.658. The van der Waals surface area contributed by atoms with Crippen LogP contribution in [0.4, 0.5) is 5.69 Å². The van der Waals surface area contributed by atoms with Crippen molar-refractivity contribution >= 4 is 22.6 Å². The van der Waals surface area contributed by atoms with Gasteiger partial charge in [0.1, 0.15) is 0 Å². The molecule has 1 aromatic heterocycles. The summed E-state index contributed by atoms with van der Waals surface area (Å²) >= 11 is 0.